The summed E-state index contributed by atoms with van der Waals surface area (Å²) in [6, 6.07) is 11.0. The van der Waals surface area contributed by atoms with Crippen LogP contribution in [0.3, 0.4) is 0 Å². The van der Waals surface area contributed by atoms with Crippen LogP contribution in [-0.2, 0) is 11.8 Å². The quantitative estimate of drug-likeness (QED) is 0.828. The lowest BCUT2D eigenvalue weighted by atomic mass is 10.1. The van der Waals surface area contributed by atoms with Crippen LogP contribution >= 0.6 is 11.3 Å². The number of thiazole rings is 1. The van der Waals surface area contributed by atoms with Gasteiger partial charge >= 0.3 is 0 Å². The second-order valence-corrected chi connectivity index (χ2v) is 6.04. The van der Waals surface area contributed by atoms with Crippen molar-refractivity contribution in [3.05, 3.63) is 40.2 Å². The van der Waals surface area contributed by atoms with Gasteiger partial charge in [0.1, 0.15) is 10.4 Å². The number of benzene rings is 1. The molecule has 1 fully saturated rings. The molecule has 3 heteroatoms. The van der Waals surface area contributed by atoms with E-state index in [2.05, 4.69) is 47.6 Å². The van der Waals surface area contributed by atoms with Crippen LogP contribution < -0.4 is 0 Å². The Labute approximate surface area is 117 Å². The molecular formula is C16H16N2S. The van der Waals surface area contributed by atoms with Crippen molar-refractivity contribution in [1.29, 1.82) is 5.26 Å². The molecule has 0 unspecified atom stereocenters. The molecule has 19 heavy (non-hydrogen) atoms. The lowest BCUT2D eigenvalue weighted by molar-refractivity contribution is 0.891. The fraction of sp³-hybridized carbons (Fsp3) is 0.375. The van der Waals surface area contributed by atoms with E-state index in [0.717, 1.165) is 35.5 Å². The minimum absolute atomic E-state index is 0.259. The van der Waals surface area contributed by atoms with E-state index in [0.29, 0.717) is 0 Å². The minimum Gasteiger partial charge on any atom is -0.240 e. The van der Waals surface area contributed by atoms with Crippen LogP contribution in [-0.4, -0.2) is 4.98 Å². The van der Waals surface area contributed by atoms with Crippen LogP contribution in [0.2, 0.25) is 0 Å². The zero-order valence-electron chi connectivity index (χ0n) is 11.0. The van der Waals surface area contributed by atoms with Gasteiger partial charge in [-0.05, 0) is 24.8 Å². The first-order valence-corrected chi connectivity index (χ1v) is 7.62. The van der Waals surface area contributed by atoms with E-state index < -0.39 is 0 Å². The molecular weight excluding hydrogens is 252 g/mol. The predicted octanol–water partition coefficient (Wildman–Crippen LogP) is 4.32. The molecule has 0 N–H and O–H groups in total. The molecule has 1 heterocycles. The van der Waals surface area contributed by atoms with Crippen molar-refractivity contribution in [3.63, 3.8) is 0 Å². The summed E-state index contributed by atoms with van der Waals surface area (Å²) in [6.07, 6.45) is 4.23. The zero-order chi connectivity index (χ0) is 13.3. The first-order valence-electron chi connectivity index (χ1n) is 6.74. The van der Waals surface area contributed by atoms with Gasteiger partial charge in [0.15, 0.2) is 0 Å². The summed E-state index contributed by atoms with van der Waals surface area (Å²) < 4.78 is 0. The summed E-state index contributed by atoms with van der Waals surface area (Å²) in [7, 11) is 0. The zero-order valence-corrected chi connectivity index (χ0v) is 11.8. The molecule has 0 atom stereocenters. The van der Waals surface area contributed by atoms with Crippen LogP contribution in [0.15, 0.2) is 29.6 Å². The Bertz CT molecular complexity index is 615. The molecule has 2 aromatic rings. The molecule has 0 aliphatic heterocycles. The highest BCUT2D eigenvalue weighted by molar-refractivity contribution is 7.10. The summed E-state index contributed by atoms with van der Waals surface area (Å²) in [5.74, 6) is 0. The molecule has 1 aliphatic rings. The van der Waals surface area contributed by atoms with Gasteiger partial charge in [-0.2, -0.15) is 5.26 Å². The van der Waals surface area contributed by atoms with Crippen LogP contribution in [0.5, 0.6) is 0 Å². The van der Waals surface area contributed by atoms with Crippen molar-refractivity contribution in [2.24, 2.45) is 0 Å². The Morgan fingerprint density at radius 2 is 2.05 bits per heavy atom. The van der Waals surface area contributed by atoms with Crippen LogP contribution in [0.25, 0.3) is 11.3 Å². The van der Waals surface area contributed by atoms with E-state index in [1.54, 1.807) is 11.3 Å². The SMILES string of the molecule is CCCc1ccc(-c2csc(C3(C#N)CC3)n2)cc1. The number of nitriles is 1. The van der Waals surface area contributed by atoms with Crippen molar-refractivity contribution in [3.8, 4) is 17.3 Å². The van der Waals surface area contributed by atoms with Crippen LogP contribution in [0, 0.1) is 11.3 Å². The third kappa shape index (κ3) is 2.29. The summed E-state index contributed by atoms with van der Waals surface area (Å²) in [4.78, 5) is 4.66. The first kappa shape index (κ1) is 12.4. The van der Waals surface area contributed by atoms with Crippen LogP contribution in [0.1, 0.15) is 36.8 Å². The molecule has 1 aromatic heterocycles. The topological polar surface area (TPSA) is 36.7 Å². The number of hydrogen-bond acceptors (Lipinski definition) is 3. The van der Waals surface area contributed by atoms with Crippen molar-refractivity contribution < 1.29 is 0 Å². The number of hydrogen-bond donors (Lipinski definition) is 0. The fourth-order valence-electron chi connectivity index (χ4n) is 2.26. The van der Waals surface area contributed by atoms with E-state index in [-0.39, 0.29) is 5.41 Å². The lowest BCUT2D eigenvalue weighted by Gasteiger charge is -2.01. The van der Waals surface area contributed by atoms with Gasteiger partial charge in [-0.3, -0.25) is 0 Å². The third-order valence-electron chi connectivity index (χ3n) is 3.67. The van der Waals surface area contributed by atoms with Gasteiger partial charge in [-0.1, -0.05) is 37.6 Å². The number of nitrogens with zero attached hydrogens (tertiary/aromatic N) is 2. The van der Waals surface area contributed by atoms with E-state index in [9.17, 15) is 5.26 Å². The van der Waals surface area contributed by atoms with Gasteiger partial charge in [0.2, 0.25) is 0 Å². The third-order valence-corrected chi connectivity index (χ3v) is 4.71. The molecule has 3 rings (SSSR count). The van der Waals surface area contributed by atoms with Crippen molar-refractivity contribution >= 4 is 11.3 Å². The molecule has 0 bridgehead atoms. The molecule has 2 nitrogen and oxygen atoms in total. The van der Waals surface area contributed by atoms with Crippen molar-refractivity contribution in [2.75, 3.05) is 0 Å². The monoisotopic (exact) mass is 268 g/mol. The highest BCUT2D eigenvalue weighted by atomic mass is 32.1. The Balaban J connectivity index is 1.85. The Kier molecular flexibility index (Phi) is 3.12. The molecule has 96 valence electrons. The summed E-state index contributed by atoms with van der Waals surface area (Å²) in [5, 5.41) is 12.3. The van der Waals surface area contributed by atoms with E-state index >= 15 is 0 Å². The number of aryl methyl sites for hydroxylation is 1. The van der Waals surface area contributed by atoms with Crippen molar-refractivity contribution in [2.45, 2.75) is 38.0 Å². The highest BCUT2D eigenvalue weighted by Crippen LogP contribution is 2.49. The standard InChI is InChI=1S/C16H16N2S/c1-2-3-12-4-6-13(7-5-12)14-10-19-15(18-14)16(11-17)8-9-16/h4-7,10H,2-3,8-9H2,1H3. The van der Waals surface area contributed by atoms with E-state index in [4.69, 9.17) is 0 Å². The maximum Gasteiger partial charge on any atom is 0.114 e. The van der Waals surface area contributed by atoms with Gasteiger partial charge in [0.25, 0.3) is 0 Å². The van der Waals surface area contributed by atoms with Gasteiger partial charge in [-0.25, -0.2) is 4.98 Å². The molecule has 1 aromatic carbocycles. The van der Waals surface area contributed by atoms with E-state index in [1.807, 2.05) is 0 Å². The highest BCUT2D eigenvalue weighted by Gasteiger charge is 2.47. The molecule has 0 spiro atoms. The second kappa shape index (κ2) is 4.79. The molecule has 0 amide bonds. The van der Waals surface area contributed by atoms with E-state index in [1.165, 1.54) is 12.0 Å². The van der Waals surface area contributed by atoms with Crippen LogP contribution in [0.4, 0.5) is 0 Å². The Morgan fingerprint density at radius 3 is 2.63 bits per heavy atom. The Hall–Kier alpha value is -1.66. The smallest absolute Gasteiger partial charge is 0.114 e. The van der Waals surface area contributed by atoms with Gasteiger partial charge in [-0.15, -0.1) is 11.3 Å². The van der Waals surface area contributed by atoms with Crippen molar-refractivity contribution in [1.82, 2.24) is 4.98 Å². The average molecular weight is 268 g/mol. The molecule has 0 radical (unpaired) electrons. The molecule has 1 saturated carbocycles. The lowest BCUT2D eigenvalue weighted by Crippen LogP contribution is -2.01. The minimum atomic E-state index is -0.259. The fourth-order valence-corrected chi connectivity index (χ4v) is 3.29. The maximum absolute atomic E-state index is 9.20. The summed E-state index contributed by atoms with van der Waals surface area (Å²) in [6.45, 7) is 2.19. The second-order valence-electron chi connectivity index (χ2n) is 5.18. The molecule has 0 saturated heterocycles. The summed E-state index contributed by atoms with van der Waals surface area (Å²) in [5.41, 5.74) is 3.27. The maximum atomic E-state index is 9.20. The largest absolute Gasteiger partial charge is 0.240 e. The average Bonchev–Trinajstić information content (AvgIpc) is 3.09. The van der Waals surface area contributed by atoms with Gasteiger partial charge < -0.3 is 0 Å². The number of rotatable bonds is 4. The Morgan fingerprint density at radius 1 is 1.32 bits per heavy atom. The molecule has 1 aliphatic carbocycles. The first-order chi connectivity index (χ1) is 9.27. The normalized spacial score (nSPS) is 16.0. The number of aromatic nitrogens is 1. The predicted molar refractivity (Wildman–Crippen MR) is 78.1 cm³/mol. The summed E-state index contributed by atoms with van der Waals surface area (Å²) >= 11 is 1.62. The van der Waals surface area contributed by atoms with Gasteiger partial charge in [0.05, 0.1) is 11.8 Å². The van der Waals surface area contributed by atoms with Gasteiger partial charge in [0, 0.05) is 10.9 Å².